The number of hydrogen-bond acceptors (Lipinski definition) is 4. The van der Waals surface area contributed by atoms with E-state index >= 15 is 0 Å². The van der Waals surface area contributed by atoms with Crippen LogP contribution in [0.2, 0.25) is 0 Å². The molecule has 2 amide bonds. The monoisotopic (exact) mass is 372 g/mol. The quantitative estimate of drug-likeness (QED) is 0.593. The van der Waals surface area contributed by atoms with Gasteiger partial charge >= 0.3 is 6.03 Å². The summed E-state index contributed by atoms with van der Waals surface area (Å²) in [4.78, 5) is 11.8. The van der Waals surface area contributed by atoms with Crippen molar-refractivity contribution in [3.8, 4) is 17.2 Å². The molecule has 0 atom stereocenters. The number of hydrogen-bond donors (Lipinski definition) is 2. The summed E-state index contributed by atoms with van der Waals surface area (Å²) in [6.07, 6.45) is 0.709. The molecule has 0 saturated heterocycles. The van der Waals surface area contributed by atoms with Crippen molar-refractivity contribution < 1.29 is 19.0 Å². The van der Waals surface area contributed by atoms with Crippen molar-refractivity contribution in [3.05, 3.63) is 54.1 Å². The maximum atomic E-state index is 11.8. The van der Waals surface area contributed by atoms with Gasteiger partial charge in [-0.05, 0) is 50.1 Å². The Kier molecular flexibility index (Phi) is 8.83. The molecule has 0 aromatic heterocycles. The highest BCUT2D eigenvalue weighted by Crippen LogP contribution is 2.28. The van der Waals surface area contributed by atoms with E-state index in [0.29, 0.717) is 39.3 Å². The SMILES string of the molecule is CCOc1ccc(CCNC(=O)NCCOc2ccccc2)cc1OCC. The molecule has 2 aromatic rings. The summed E-state index contributed by atoms with van der Waals surface area (Å²) in [7, 11) is 0. The van der Waals surface area contributed by atoms with Crippen molar-refractivity contribution in [1.82, 2.24) is 10.6 Å². The van der Waals surface area contributed by atoms with Gasteiger partial charge in [-0.1, -0.05) is 24.3 Å². The van der Waals surface area contributed by atoms with Gasteiger partial charge < -0.3 is 24.8 Å². The second-order valence-electron chi connectivity index (χ2n) is 5.74. The number of amides is 2. The first kappa shape index (κ1) is 20.4. The van der Waals surface area contributed by atoms with Gasteiger partial charge in [-0.15, -0.1) is 0 Å². The van der Waals surface area contributed by atoms with Crippen LogP contribution in [0.3, 0.4) is 0 Å². The molecule has 0 bridgehead atoms. The fourth-order valence-corrected chi connectivity index (χ4v) is 2.48. The van der Waals surface area contributed by atoms with Crippen LogP contribution in [0.25, 0.3) is 0 Å². The molecule has 27 heavy (non-hydrogen) atoms. The summed E-state index contributed by atoms with van der Waals surface area (Å²) in [5, 5.41) is 5.62. The first-order valence-corrected chi connectivity index (χ1v) is 9.31. The van der Waals surface area contributed by atoms with Crippen LogP contribution in [0.1, 0.15) is 19.4 Å². The predicted octanol–water partition coefficient (Wildman–Crippen LogP) is 3.40. The summed E-state index contributed by atoms with van der Waals surface area (Å²) < 4.78 is 16.7. The molecule has 0 heterocycles. The molecule has 2 N–H and O–H groups in total. The maximum absolute atomic E-state index is 11.8. The number of carbonyl (C=O) groups excluding carboxylic acids is 1. The number of urea groups is 1. The molecule has 6 nitrogen and oxygen atoms in total. The van der Waals surface area contributed by atoms with Gasteiger partial charge in [0, 0.05) is 6.54 Å². The Labute approximate surface area is 160 Å². The Bertz CT molecular complexity index is 692. The minimum absolute atomic E-state index is 0.206. The average molecular weight is 372 g/mol. The van der Waals surface area contributed by atoms with Crippen LogP contribution >= 0.6 is 0 Å². The largest absolute Gasteiger partial charge is 0.492 e. The molecule has 0 spiro atoms. The van der Waals surface area contributed by atoms with E-state index in [0.717, 1.165) is 22.8 Å². The molecule has 0 aliphatic rings. The van der Waals surface area contributed by atoms with Crippen LogP contribution in [0.4, 0.5) is 4.79 Å². The van der Waals surface area contributed by atoms with Crippen molar-refractivity contribution in [1.29, 1.82) is 0 Å². The number of nitrogens with one attached hydrogen (secondary N) is 2. The zero-order valence-electron chi connectivity index (χ0n) is 16.0. The lowest BCUT2D eigenvalue weighted by atomic mass is 10.1. The van der Waals surface area contributed by atoms with E-state index < -0.39 is 0 Å². The molecule has 0 aliphatic heterocycles. The van der Waals surface area contributed by atoms with Crippen LogP contribution in [-0.4, -0.2) is 38.9 Å². The fourth-order valence-electron chi connectivity index (χ4n) is 2.48. The minimum atomic E-state index is -0.206. The molecule has 2 aromatic carbocycles. The van der Waals surface area contributed by atoms with E-state index in [1.54, 1.807) is 0 Å². The van der Waals surface area contributed by atoms with Crippen molar-refractivity contribution in [3.63, 3.8) is 0 Å². The van der Waals surface area contributed by atoms with Crippen molar-refractivity contribution in [2.45, 2.75) is 20.3 Å². The number of benzene rings is 2. The predicted molar refractivity (Wildman–Crippen MR) is 106 cm³/mol. The van der Waals surface area contributed by atoms with Gasteiger partial charge in [-0.25, -0.2) is 4.79 Å². The Morgan fingerprint density at radius 2 is 1.56 bits per heavy atom. The highest BCUT2D eigenvalue weighted by Gasteiger charge is 2.07. The summed E-state index contributed by atoms with van der Waals surface area (Å²) in [5.41, 5.74) is 1.08. The first-order chi connectivity index (χ1) is 13.2. The van der Waals surface area contributed by atoms with E-state index in [4.69, 9.17) is 14.2 Å². The normalized spacial score (nSPS) is 10.1. The van der Waals surface area contributed by atoms with Crippen molar-refractivity contribution in [2.75, 3.05) is 32.9 Å². The molecule has 2 rings (SSSR count). The van der Waals surface area contributed by atoms with Crippen LogP contribution < -0.4 is 24.8 Å². The van der Waals surface area contributed by atoms with Crippen LogP contribution in [0.15, 0.2) is 48.5 Å². The summed E-state index contributed by atoms with van der Waals surface area (Å²) in [6, 6.07) is 15.2. The number of rotatable bonds is 11. The maximum Gasteiger partial charge on any atom is 0.314 e. The lowest BCUT2D eigenvalue weighted by molar-refractivity contribution is 0.236. The second kappa shape index (κ2) is 11.7. The minimum Gasteiger partial charge on any atom is -0.492 e. The third kappa shape index (κ3) is 7.48. The number of para-hydroxylation sites is 1. The molecule has 146 valence electrons. The molecule has 0 unspecified atom stereocenters. The standard InChI is InChI=1S/C21H28N2O4/c1-3-25-19-11-10-17(16-20(19)26-4-2)12-13-22-21(24)23-14-15-27-18-8-6-5-7-9-18/h5-11,16H,3-4,12-15H2,1-2H3,(H2,22,23,24). The van der Waals surface area contributed by atoms with Crippen molar-refractivity contribution in [2.24, 2.45) is 0 Å². The zero-order chi connectivity index (χ0) is 19.3. The second-order valence-corrected chi connectivity index (χ2v) is 5.74. The Hall–Kier alpha value is -2.89. The highest BCUT2D eigenvalue weighted by atomic mass is 16.5. The van der Waals surface area contributed by atoms with Gasteiger partial charge in [0.25, 0.3) is 0 Å². The smallest absolute Gasteiger partial charge is 0.314 e. The highest BCUT2D eigenvalue weighted by molar-refractivity contribution is 5.73. The molecular formula is C21H28N2O4. The van der Waals surface area contributed by atoms with Crippen LogP contribution in [0.5, 0.6) is 17.2 Å². The van der Waals surface area contributed by atoms with Gasteiger partial charge in [0.15, 0.2) is 11.5 Å². The zero-order valence-corrected chi connectivity index (χ0v) is 16.0. The van der Waals surface area contributed by atoms with E-state index in [9.17, 15) is 4.79 Å². The third-order valence-electron chi connectivity index (χ3n) is 3.71. The molecular weight excluding hydrogens is 344 g/mol. The van der Waals surface area contributed by atoms with Crippen LogP contribution in [0, 0.1) is 0 Å². The van der Waals surface area contributed by atoms with E-state index in [1.165, 1.54) is 0 Å². The van der Waals surface area contributed by atoms with Gasteiger partial charge in [-0.2, -0.15) is 0 Å². The summed E-state index contributed by atoms with van der Waals surface area (Å²) >= 11 is 0. The molecule has 0 aliphatic carbocycles. The molecule has 6 heteroatoms. The van der Waals surface area contributed by atoms with Gasteiger partial charge in [0.05, 0.1) is 19.8 Å². The third-order valence-corrected chi connectivity index (χ3v) is 3.71. The topological polar surface area (TPSA) is 68.8 Å². The Morgan fingerprint density at radius 3 is 2.30 bits per heavy atom. The van der Waals surface area contributed by atoms with E-state index in [1.807, 2.05) is 62.4 Å². The van der Waals surface area contributed by atoms with E-state index in [-0.39, 0.29) is 6.03 Å². The fraction of sp³-hybridized carbons (Fsp3) is 0.381. The summed E-state index contributed by atoms with van der Waals surface area (Å²) in [6.45, 7) is 6.45. The molecule has 0 radical (unpaired) electrons. The van der Waals surface area contributed by atoms with Gasteiger partial charge in [0.2, 0.25) is 0 Å². The van der Waals surface area contributed by atoms with E-state index in [2.05, 4.69) is 10.6 Å². The Balaban J connectivity index is 1.67. The van der Waals surface area contributed by atoms with Gasteiger partial charge in [0.1, 0.15) is 12.4 Å². The lowest BCUT2D eigenvalue weighted by Gasteiger charge is -2.13. The number of ether oxygens (including phenoxy) is 3. The lowest BCUT2D eigenvalue weighted by Crippen LogP contribution is -2.38. The summed E-state index contributed by atoms with van der Waals surface area (Å²) in [5.74, 6) is 2.27. The molecule has 0 fully saturated rings. The average Bonchev–Trinajstić information content (AvgIpc) is 2.68. The molecule has 0 saturated carbocycles. The number of carbonyl (C=O) groups is 1. The first-order valence-electron chi connectivity index (χ1n) is 9.31. The van der Waals surface area contributed by atoms with Crippen LogP contribution in [-0.2, 0) is 6.42 Å². The van der Waals surface area contributed by atoms with Crippen molar-refractivity contribution >= 4 is 6.03 Å². The van der Waals surface area contributed by atoms with Gasteiger partial charge in [-0.3, -0.25) is 0 Å². The Morgan fingerprint density at radius 1 is 0.852 bits per heavy atom.